The molecule has 5 rings (SSSR count). The van der Waals surface area contributed by atoms with E-state index in [4.69, 9.17) is 4.98 Å². The normalized spacial score (nSPS) is 25.8. The Bertz CT molecular complexity index is 813. The number of aryl methyl sites for hydroxylation is 1. The summed E-state index contributed by atoms with van der Waals surface area (Å²) in [5.41, 5.74) is 3.46. The lowest BCUT2D eigenvalue weighted by molar-refractivity contribution is 0.127. The number of hydrogen-bond acceptors (Lipinski definition) is 5. The molecular formula is C23H34N6. The first-order chi connectivity index (χ1) is 14.3. The highest BCUT2D eigenvalue weighted by molar-refractivity contribution is 5.62. The second-order valence-electron chi connectivity index (χ2n) is 9.29. The van der Waals surface area contributed by atoms with Crippen molar-refractivity contribution in [1.82, 2.24) is 24.6 Å². The third-order valence-corrected chi connectivity index (χ3v) is 7.11. The first-order valence-electron chi connectivity index (χ1n) is 11.6. The number of hydrogen-bond donors (Lipinski definition) is 1. The first kappa shape index (κ1) is 19.0. The molecule has 1 aliphatic heterocycles. The molecule has 0 bridgehead atoms. The quantitative estimate of drug-likeness (QED) is 0.801. The van der Waals surface area contributed by atoms with Crippen LogP contribution >= 0.6 is 0 Å². The van der Waals surface area contributed by atoms with E-state index >= 15 is 0 Å². The van der Waals surface area contributed by atoms with Gasteiger partial charge in [-0.05, 0) is 82.9 Å². The molecule has 1 saturated heterocycles. The minimum Gasteiger partial charge on any atom is -0.351 e. The van der Waals surface area contributed by atoms with Gasteiger partial charge in [0.1, 0.15) is 0 Å². The Balaban J connectivity index is 1.22. The lowest BCUT2D eigenvalue weighted by atomic mass is 9.89. The van der Waals surface area contributed by atoms with Crippen molar-refractivity contribution in [2.45, 2.75) is 76.3 Å². The molecule has 3 fully saturated rings. The SMILES string of the molecule is Cn1ncc(-c2ccnc(NC3CCC(N4CCCCC4)CC3)n2)c1CC1CC1. The maximum atomic E-state index is 4.86. The fraction of sp³-hybridized carbons (Fsp3) is 0.696. The van der Waals surface area contributed by atoms with Crippen LogP contribution in [0.1, 0.15) is 63.5 Å². The van der Waals surface area contributed by atoms with Crippen LogP contribution in [-0.4, -0.2) is 49.8 Å². The summed E-state index contributed by atoms with van der Waals surface area (Å²) in [6.07, 6.45) is 16.9. The summed E-state index contributed by atoms with van der Waals surface area (Å²) in [5.74, 6) is 1.60. The molecule has 0 atom stereocenters. The van der Waals surface area contributed by atoms with Gasteiger partial charge in [0, 0.05) is 36.6 Å². The highest BCUT2D eigenvalue weighted by Crippen LogP contribution is 2.35. The van der Waals surface area contributed by atoms with Gasteiger partial charge in [-0.25, -0.2) is 9.97 Å². The van der Waals surface area contributed by atoms with Gasteiger partial charge in [0.05, 0.1) is 11.9 Å². The van der Waals surface area contributed by atoms with Gasteiger partial charge in [-0.2, -0.15) is 5.10 Å². The Morgan fingerprint density at radius 2 is 1.83 bits per heavy atom. The number of nitrogens with one attached hydrogen (secondary N) is 1. The predicted octanol–water partition coefficient (Wildman–Crippen LogP) is 4.04. The molecular weight excluding hydrogens is 360 g/mol. The van der Waals surface area contributed by atoms with E-state index in [9.17, 15) is 0 Å². The van der Waals surface area contributed by atoms with Crippen molar-refractivity contribution in [2.75, 3.05) is 18.4 Å². The van der Waals surface area contributed by atoms with Crippen molar-refractivity contribution in [1.29, 1.82) is 0 Å². The van der Waals surface area contributed by atoms with E-state index in [1.165, 1.54) is 82.1 Å². The number of likely N-dealkylation sites (tertiary alicyclic amines) is 1. The average Bonchev–Trinajstić information content (AvgIpc) is 3.51. The topological polar surface area (TPSA) is 58.9 Å². The summed E-state index contributed by atoms with van der Waals surface area (Å²) in [4.78, 5) is 12.1. The van der Waals surface area contributed by atoms with Crippen LogP contribution in [0.4, 0.5) is 5.95 Å². The maximum Gasteiger partial charge on any atom is 0.223 e. The monoisotopic (exact) mass is 394 g/mol. The molecule has 0 unspecified atom stereocenters. The molecule has 6 nitrogen and oxygen atoms in total. The van der Waals surface area contributed by atoms with E-state index in [-0.39, 0.29) is 0 Å². The standard InChI is InChI=1S/C23H34N6/c1-28-22(15-17-5-6-17)20(16-25-28)21-11-12-24-23(27-21)26-18-7-9-19(10-8-18)29-13-3-2-4-14-29/h11-12,16-19H,2-10,13-15H2,1H3,(H,24,26,27). The smallest absolute Gasteiger partial charge is 0.223 e. The van der Waals surface area contributed by atoms with Crippen LogP contribution in [0, 0.1) is 5.92 Å². The van der Waals surface area contributed by atoms with E-state index in [0.717, 1.165) is 30.0 Å². The Morgan fingerprint density at radius 1 is 1.03 bits per heavy atom. The van der Waals surface area contributed by atoms with Gasteiger partial charge in [-0.1, -0.05) is 6.42 Å². The molecule has 2 saturated carbocycles. The summed E-state index contributed by atoms with van der Waals surface area (Å²) in [6, 6.07) is 3.30. The van der Waals surface area contributed by atoms with E-state index in [2.05, 4.69) is 20.3 Å². The van der Waals surface area contributed by atoms with Gasteiger partial charge < -0.3 is 10.2 Å². The zero-order chi connectivity index (χ0) is 19.6. The average molecular weight is 395 g/mol. The van der Waals surface area contributed by atoms with Crippen LogP contribution in [0.2, 0.25) is 0 Å². The highest BCUT2D eigenvalue weighted by atomic mass is 15.3. The van der Waals surface area contributed by atoms with Crippen LogP contribution in [0.15, 0.2) is 18.5 Å². The van der Waals surface area contributed by atoms with Crippen LogP contribution in [-0.2, 0) is 13.5 Å². The van der Waals surface area contributed by atoms with Gasteiger partial charge in [-0.3, -0.25) is 4.68 Å². The molecule has 0 amide bonds. The minimum absolute atomic E-state index is 0.492. The third-order valence-electron chi connectivity index (χ3n) is 7.11. The summed E-state index contributed by atoms with van der Waals surface area (Å²) in [6.45, 7) is 2.62. The van der Waals surface area contributed by atoms with Crippen molar-refractivity contribution in [3.63, 3.8) is 0 Å². The number of aromatic nitrogens is 4. The van der Waals surface area contributed by atoms with Crippen LogP contribution < -0.4 is 5.32 Å². The Kier molecular flexibility index (Phi) is 5.53. The van der Waals surface area contributed by atoms with Gasteiger partial charge in [-0.15, -0.1) is 0 Å². The fourth-order valence-electron chi connectivity index (χ4n) is 5.14. The molecule has 1 N–H and O–H groups in total. The highest BCUT2D eigenvalue weighted by Gasteiger charge is 2.28. The number of anilines is 1. The van der Waals surface area contributed by atoms with E-state index < -0.39 is 0 Å². The zero-order valence-electron chi connectivity index (χ0n) is 17.7. The molecule has 0 aromatic carbocycles. The largest absolute Gasteiger partial charge is 0.351 e. The van der Waals surface area contributed by atoms with E-state index in [1.54, 1.807) is 0 Å². The number of rotatable bonds is 6. The van der Waals surface area contributed by atoms with Crippen LogP contribution in [0.25, 0.3) is 11.3 Å². The molecule has 3 aliphatic rings. The molecule has 0 radical (unpaired) electrons. The molecule has 2 aromatic heterocycles. The summed E-state index contributed by atoms with van der Waals surface area (Å²) in [5, 5.41) is 8.13. The number of nitrogens with zero attached hydrogens (tertiary/aromatic N) is 5. The van der Waals surface area contributed by atoms with Crippen molar-refractivity contribution < 1.29 is 0 Å². The number of piperidine rings is 1. The molecule has 2 aromatic rings. The lowest BCUT2D eigenvalue weighted by Crippen LogP contribution is -2.43. The van der Waals surface area contributed by atoms with Crippen molar-refractivity contribution in [2.24, 2.45) is 13.0 Å². The Labute approximate surface area is 174 Å². The van der Waals surface area contributed by atoms with Crippen molar-refractivity contribution in [3.8, 4) is 11.3 Å². The molecule has 6 heteroatoms. The van der Waals surface area contributed by atoms with Crippen molar-refractivity contribution >= 4 is 5.95 Å². The Morgan fingerprint density at radius 3 is 2.59 bits per heavy atom. The van der Waals surface area contributed by atoms with E-state index in [0.29, 0.717) is 6.04 Å². The Hall–Kier alpha value is -1.95. The maximum absolute atomic E-state index is 4.86. The zero-order valence-corrected chi connectivity index (χ0v) is 17.7. The summed E-state index contributed by atoms with van der Waals surface area (Å²) >= 11 is 0. The van der Waals surface area contributed by atoms with Crippen LogP contribution in [0.3, 0.4) is 0 Å². The third kappa shape index (κ3) is 4.47. The molecule has 0 spiro atoms. The van der Waals surface area contributed by atoms with Gasteiger partial charge in [0.15, 0.2) is 0 Å². The first-order valence-corrected chi connectivity index (χ1v) is 11.6. The molecule has 29 heavy (non-hydrogen) atoms. The molecule has 2 aliphatic carbocycles. The van der Waals surface area contributed by atoms with Gasteiger partial charge in [0.25, 0.3) is 0 Å². The summed E-state index contributed by atoms with van der Waals surface area (Å²) in [7, 11) is 2.04. The second kappa shape index (κ2) is 8.42. The molecule has 156 valence electrons. The van der Waals surface area contributed by atoms with Crippen molar-refractivity contribution in [3.05, 3.63) is 24.2 Å². The van der Waals surface area contributed by atoms with Crippen LogP contribution in [0.5, 0.6) is 0 Å². The second-order valence-corrected chi connectivity index (χ2v) is 9.29. The fourth-order valence-corrected chi connectivity index (χ4v) is 5.14. The minimum atomic E-state index is 0.492. The predicted molar refractivity (Wildman–Crippen MR) is 116 cm³/mol. The molecule has 3 heterocycles. The van der Waals surface area contributed by atoms with E-state index in [1.807, 2.05) is 30.2 Å². The summed E-state index contributed by atoms with van der Waals surface area (Å²) < 4.78 is 2.02. The van der Waals surface area contributed by atoms with Gasteiger partial charge in [0.2, 0.25) is 5.95 Å². The lowest BCUT2D eigenvalue weighted by Gasteiger charge is -2.39. The van der Waals surface area contributed by atoms with Gasteiger partial charge >= 0.3 is 0 Å².